The standard InChI is InChI=1S/C25H21N3O6S/c29-22(26-18-6-2-3-7-19(18)27-9-11-33-12-10-27)14-28-24(31)21(35-25(28)32)13-16-15-34-20-8-4-1-5-17(20)23(16)30/h1-8,13,15H,9-12,14H2,(H,26,29). The molecule has 2 aliphatic heterocycles. The molecule has 2 saturated heterocycles. The Morgan fingerprint density at radius 1 is 1.03 bits per heavy atom. The highest BCUT2D eigenvalue weighted by molar-refractivity contribution is 8.18. The van der Waals surface area contributed by atoms with E-state index in [0.29, 0.717) is 54.7 Å². The van der Waals surface area contributed by atoms with E-state index in [1.54, 1.807) is 36.4 Å². The van der Waals surface area contributed by atoms with E-state index in [-0.39, 0.29) is 15.9 Å². The van der Waals surface area contributed by atoms with Crippen LogP contribution in [0.15, 0.2) is 68.9 Å². The van der Waals surface area contributed by atoms with Crippen molar-refractivity contribution in [3.8, 4) is 0 Å². The molecule has 5 rings (SSSR count). The summed E-state index contributed by atoms with van der Waals surface area (Å²) in [4.78, 5) is 53.9. The highest BCUT2D eigenvalue weighted by Gasteiger charge is 2.36. The molecule has 3 aromatic rings. The number of hydrogen-bond acceptors (Lipinski definition) is 8. The number of thioether (sulfide) groups is 1. The number of carbonyl (C=O) groups excluding carboxylic acids is 3. The van der Waals surface area contributed by atoms with Crippen molar-refractivity contribution in [1.82, 2.24) is 4.90 Å². The number of morpholine rings is 1. The lowest BCUT2D eigenvalue weighted by Crippen LogP contribution is -2.38. The number of anilines is 2. The Labute approximate surface area is 204 Å². The van der Waals surface area contributed by atoms with Crippen LogP contribution in [0, 0.1) is 0 Å². The van der Waals surface area contributed by atoms with Crippen LogP contribution < -0.4 is 15.6 Å². The molecule has 2 aromatic carbocycles. The van der Waals surface area contributed by atoms with Crippen molar-refractivity contribution in [2.24, 2.45) is 0 Å². The monoisotopic (exact) mass is 491 g/mol. The van der Waals surface area contributed by atoms with Gasteiger partial charge in [0, 0.05) is 13.1 Å². The van der Waals surface area contributed by atoms with E-state index < -0.39 is 23.6 Å². The third-order valence-corrected chi connectivity index (χ3v) is 6.61. The van der Waals surface area contributed by atoms with E-state index in [0.717, 1.165) is 10.6 Å². The largest absolute Gasteiger partial charge is 0.463 e. The first-order valence-corrected chi connectivity index (χ1v) is 11.8. The van der Waals surface area contributed by atoms with E-state index >= 15 is 0 Å². The van der Waals surface area contributed by atoms with Crippen LogP contribution in [0.25, 0.3) is 17.0 Å². The fourth-order valence-electron chi connectivity index (χ4n) is 3.96. The summed E-state index contributed by atoms with van der Waals surface area (Å²) in [5.74, 6) is -1.14. The second kappa shape index (κ2) is 9.77. The van der Waals surface area contributed by atoms with Crippen LogP contribution in [-0.2, 0) is 14.3 Å². The SMILES string of the molecule is O=C(CN1C(=O)SC(=Cc2coc3ccccc3c2=O)C1=O)Nc1ccccc1N1CCOCC1. The zero-order valence-corrected chi connectivity index (χ0v) is 19.4. The van der Waals surface area contributed by atoms with Gasteiger partial charge in [-0.1, -0.05) is 24.3 Å². The van der Waals surface area contributed by atoms with E-state index in [1.165, 1.54) is 12.3 Å². The molecule has 0 unspecified atom stereocenters. The third-order valence-electron chi connectivity index (χ3n) is 5.70. The molecular formula is C25H21N3O6S. The molecule has 35 heavy (non-hydrogen) atoms. The fraction of sp³-hybridized carbons (Fsp3) is 0.200. The summed E-state index contributed by atoms with van der Waals surface area (Å²) in [5.41, 5.74) is 1.71. The minimum absolute atomic E-state index is 0.0547. The van der Waals surface area contributed by atoms with Gasteiger partial charge in [-0.15, -0.1) is 0 Å². The molecule has 3 amide bonds. The van der Waals surface area contributed by atoms with Gasteiger partial charge in [-0.25, -0.2) is 0 Å². The van der Waals surface area contributed by atoms with Gasteiger partial charge in [0.2, 0.25) is 5.91 Å². The Morgan fingerprint density at radius 2 is 1.77 bits per heavy atom. The molecule has 9 nitrogen and oxygen atoms in total. The summed E-state index contributed by atoms with van der Waals surface area (Å²) in [6, 6.07) is 14.1. The zero-order chi connectivity index (χ0) is 24.4. The summed E-state index contributed by atoms with van der Waals surface area (Å²) < 4.78 is 10.9. The maximum atomic E-state index is 12.9. The van der Waals surface area contributed by atoms with Crippen LogP contribution in [0.5, 0.6) is 0 Å². The molecule has 0 bridgehead atoms. The lowest BCUT2D eigenvalue weighted by Gasteiger charge is -2.30. The van der Waals surface area contributed by atoms with Crippen molar-refractivity contribution < 1.29 is 23.5 Å². The van der Waals surface area contributed by atoms with E-state index in [4.69, 9.17) is 9.15 Å². The minimum atomic E-state index is -0.635. The van der Waals surface area contributed by atoms with Crippen molar-refractivity contribution in [3.63, 3.8) is 0 Å². The number of amides is 3. The van der Waals surface area contributed by atoms with Gasteiger partial charge in [0.15, 0.2) is 5.43 Å². The molecule has 10 heteroatoms. The molecule has 0 aliphatic carbocycles. The van der Waals surface area contributed by atoms with E-state index in [9.17, 15) is 19.2 Å². The maximum absolute atomic E-state index is 12.9. The van der Waals surface area contributed by atoms with Gasteiger partial charge in [0.25, 0.3) is 11.1 Å². The number of nitrogens with one attached hydrogen (secondary N) is 1. The van der Waals surface area contributed by atoms with Crippen LogP contribution in [-0.4, -0.2) is 54.8 Å². The highest BCUT2D eigenvalue weighted by Crippen LogP contribution is 2.32. The zero-order valence-electron chi connectivity index (χ0n) is 18.6. The lowest BCUT2D eigenvalue weighted by atomic mass is 10.1. The number of para-hydroxylation sites is 3. The van der Waals surface area contributed by atoms with Crippen LogP contribution >= 0.6 is 11.8 Å². The smallest absolute Gasteiger partial charge is 0.294 e. The molecule has 2 fully saturated rings. The summed E-state index contributed by atoms with van der Waals surface area (Å²) >= 11 is 0.681. The first-order chi connectivity index (χ1) is 17.0. The van der Waals surface area contributed by atoms with Gasteiger partial charge >= 0.3 is 0 Å². The summed E-state index contributed by atoms with van der Waals surface area (Å²) in [5, 5.41) is 2.60. The second-order valence-corrected chi connectivity index (χ2v) is 8.94. The molecule has 178 valence electrons. The van der Waals surface area contributed by atoms with Gasteiger partial charge < -0.3 is 19.4 Å². The van der Waals surface area contributed by atoms with Crippen molar-refractivity contribution >= 4 is 57.2 Å². The van der Waals surface area contributed by atoms with Gasteiger partial charge in [0.1, 0.15) is 18.4 Å². The molecule has 0 saturated carbocycles. The average Bonchev–Trinajstić information content (AvgIpc) is 3.14. The maximum Gasteiger partial charge on any atom is 0.294 e. The molecular weight excluding hydrogens is 470 g/mol. The third kappa shape index (κ3) is 4.71. The molecule has 2 aliphatic rings. The Morgan fingerprint density at radius 3 is 2.60 bits per heavy atom. The number of imide groups is 1. The Balaban J connectivity index is 1.31. The topological polar surface area (TPSA) is 109 Å². The number of hydrogen-bond donors (Lipinski definition) is 1. The number of benzene rings is 2. The van der Waals surface area contributed by atoms with Crippen LogP contribution in [0.3, 0.4) is 0 Å². The molecule has 0 radical (unpaired) electrons. The molecule has 3 heterocycles. The van der Waals surface area contributed by atoms with Crippen molar-refractivity contribution in [2.45, 2.75) is 0 Å². The first-order valence-electron chi connectivity index (χ1n) is 11.0. The van der Waals surface area contributed by atoms with Gasteiger partial charge in [0.05, 0.1) is 40.4 Å². The number of fused-ring (bicyclic) bond motifs is 1. The van der Waals surface area contributed by atoms with E-state index in [2.05, 4.69) is 10.2 Å². The quantitative estimate of drug-likeness (QED) is 0.542. The summed E-state index contributed by atoms with van der Waals surface area (Å²) in [7, 11) is 0. The summed E-state index contributed by atoms with van der Waals surface area (Å²) in [6.45, 7) is 2.15. The Kier molecular flexibility index (Phi) is 6.39. The minimum Gasteiger partial charge on any atom is -0.463 e. The molecule has 1 N–H and O–H groups in total. The normalized spacial score (nSPS) is 17.4. The van der Waals surface area contributed by atoms with E-state index in [1.807, 2.05) is 12.1 Å². The fourth-order valence-corrected chi connectivity index (χ4v) is 4.79. The average molecular weight is 492 g/mol. The predicted octanol–water partition coefficient (Wildman–Crippen LogP) is 3.30. The number of rotatable bonds is 5. The molecule has 1 aromatic heterocycles. The van der Waals surface area contributed by atoms with Crippen LogP contribution in [0.2, 0.25) is 0 Å². The van der Waals surface area contributed by atoms with Crippen LogP contribution in [0.1, 0.15) is 5.56 Å². The van der Waals surface area contributed by atoms with Gasteiger partial charge in [-0.05, 0) is 42.1 Å². The second-order valence-electron chi connectivity index (χ2n) is 7.95. The van der Waals surface area contributed by atoms with Gasteiger partial charge in [-0.3, -0.25) is 24.1 Å². The van der Waals surface area contributed by atoms with Gasteiger partial charge in [-0.2, -0.15) is 0 Å². The van der Waals surface area contributed by atoms with Crippen molar-refractivity contribution in [2.75, 3.05) is 43.1 Å². The van der Waals surface area contributed by atoms with Crippen LogP contribution in [0.4, 0.5) is 16.2 Å². The predicted molar refractivity (Wildman–Crippen MR) is 133 cm³/mol. The lowest BCUT2D eigenvalue weighted by molar-refractivity contribution is -0.127. The first kappa shape index (κ1) is 22.9. The number of nitrogens with zero attached hydrogens (tertiary/aromatic N) is 2. The van der Waals surface area contributed by atoms with Crippen molar-refractivity contribution in [3.05, 3.63) is 75.5 Å². The Bertz CT molecular complexity index is 1410. The molecule has 0 spiro atoms. The van der Waals surface area contributed by atoms with Crippen molar-refractivity contribution in [1.29, 1.82) is 0 Å². The Hall–Kier alpha value is -3.89. The number of carbonyl (C=O) groups is 3. The molecule has 0 atom stereocenters. The number of ether oxygens (including phenoxy) is 1. The highest BCUT2D eigenvalue weighted by atomic mass is 32.2. The summed E-state index contributed by atoms with van der Waals surface area (Å²) in [6.07, 6.45) is 2.59.